The highest BCUT2D eigenvalue weighted by molar-refractivity contribution is 6.12. The van der Waals surface area contributed by atoms with E-state index in [1.54, 1.807) is 61.9 Å². The summed E-state index contributed by atoms with van der Waals surface area (Å²) in [5.41, 5.74) is 7.22. The van der Waals surface area contributed by atoms with E-state index in [-0.39, 0.29) is 111 Å². The zero-order chi connectivity index (χ0) is 78.6. The second-order valence-corrected chi connectivity index (χ2v) is 29.4. The van der Waals surface area contributed by atoms with E-state index in [9.17, 15) is 67.7 Å². The summed E-state index contributed by atoms with van der Waals surface area (Å²) in [7, 11) is 8.38. The second kappa shape index (κ2) is 43.4. The summed E-state index contributed by atoms with van der Waals surface area (Å²) >= 11 is 0. The fourth-order valence-corrected chi connectivity index (χ4v) is 14.1. The Morgan fingerprint density at radius 1 is 0.660 bits per heavy atom. The van der Waals surface area contributed by atoms with Crippen LogP contribution in [0.4, 0.5) is 10.5 Å². The molecule has 0 spiro atoms. The van der Waals surface area contributed by atoms with Crippen LogP contribution in [-0.2, 0) is 79.8 Å². The first kappa shape index (κ1) is 88.2. The van der Waals surface area contributed by atoms with E-state index in [0.29, 0.717) is 57.2 Å². The lowest BCUT2D eigenvalue weighted by atomic mass is 9.89. The van der Waals surface area contributed by atoms with Crippen molar-refractivity contribution in [2.45, 2.75) is 225 Å². The predicted octanol–water partition coefficient (Wildman–Crippen LogP) is 2.21. The molecule has 3 aliphatic heterocycles. The van der Waals surface area contributed by atoms with Gasteiger partial charge in [-0.25, -0.2) is 4.79 Å². The van der Waals surface area contributed by atoms with Gasteiger partial charge in [0.1, 0.15) is 42.5 Å². The number of methoxy groups -OCH3 is 2. The number of primary amides is 1. The molecule has 5 rings (SSSR count). The van der Waals surface area contributed by atoms with Gasteiger partial charge >= 0.3 is 6.03 Å². The molecule has 2 aromatic rings. The summed E-state index contributed by atoms with van der Waals surface area (Å²) in [6.45, 7) is 17.5. The quantitative estimate of drug-likeness (QED) is 0.0335. The normalized spacial score (nSPS) is 20.1. The molecule has 590 valence electrons. The van der Waals surface area contributed by atoms with Gasteiger partial charge in [-0.05, 0) is 106 Å². The SMILES string of the molecule is CCC(C)C(C(CC(=O)N1CCCC1C(OC)C(C)C(=O)N[C@@H](Cc1ccccc1)C(=O)NCCc1ccc(NC(=O)C(CCCNC(N)=O)NC(=O)C(NC(=O)C[C@@H]2O[C@H](CNC(=O)CCCCCN3C(=O)C=CC3=O)C(O)C2O)C(C)C)cc1)OC)N(C)C(=O)C(NC(=O)C(C(C)C)N(C)C)C(C)C. The highest BCUT2D eigenvalue weighted by Gasteiger charge is 2.46. The van der Waals surface area contributed by atoms with Crippen LogP contribution in [0.3, 0.4) is 0 Å². The molecule has 106 heavy (non-hydrogen) atoms. The Bertz CT molecular complexity index is 3260. The molecule has 13 amide bonds. The number of imide groups is 1. The second-order valence-electron chi connectivity index (χ2n) is 29.4. The van der Waals surface area contributed by atoms with E-state index in [1.807, 2.05) is 90.9 Å². The van der Waals surface area contributed by atoms with Crippen LogP contribution in [0.1, 0.15) is 144 Å². The number of amides is 13. The minimum absolute atomic E-state index is 0.0125. The Balaban J connectivity index is 1.17. The Morgan fingerprint density at radius 3 is 1.90 bits per heavy atom. The third kappa shape index (κ3) is 26.2. The van der Waals surface area contributed by atoms with Crippen molar-refractivity contribution >= 4 is 76.7 Å². The van der Waals surface area contributed by atoms with Crippen molar-refractivity contribution in [3.63, 3.8) is 0 Å². The Kier molecular flexibility index (Phi) is 36.1. The van der Waals surface area contributed by atoms with Gasteiger partial charge in [-0.3, -0.25) is 62.5 Å². The van der Waals surface area contributed by atoms with Crippen LogP contribution < -0.4 is 48.3 Å². The summed E-state index contributed by atoms with van der Waals surface area (Å²) in [5, 5.41) is 44.0. The first-order valence-electron chi connectivity index (χ1n) is 37.3. The van der Waals surface area contributed by atoms with E-state index in [4.69, 9.17) is 19.9 Å². The Labute approximate surface area is 624 Å². The van der Waals surface area contributed by atoms with Crippen molar-refractivity contribution < 1.29 is 82.0 Å². The number of benzene rings is 2. The van der Waals surface area contributed by atoms with E-state index < -0.39 is 133 Å². The molecule has 12 N–H and O–H groups in total. The lowest BCUT2D eigenvalue weighted by Crippen LogP contribution is -2.59. The van der Waals surface area contributed by atoms with Gasteiger partial charge in [0.25, 0.3) is 11.8 Å². The molecule has 0 aromatic heterocycles. The Morgan fingerprint density at radius 2 is 1.30 bits per heavy atom. The third-order valence-electron chi connectivity index (χ3n) is 20.2. The average molecular weight is 1490 g/mol. The molecule has 2 aromatic carbocycles. The predicted molar refractivity (Wildman–Crippen MR) is 397 cm³/mol. The smallest absolute Gasteiger partial charge is 0.312 e. The van der Waals surface area contributed by atoms with E-state index in [0.717, 1.165) is 16.0 Å². The maximum atomic E-state index is 14.7. The van der Waals surface area contributed by atoms with E-state index in [1.165, 1.54) is 26.4 Å². The van der Waals surface area contributed by atoms with Crippen molar-refractivity contribution in [1.29, 1.82) is 0 Å². The molecule has 3 aliphatic rings. The van der Waals surface area contributed by atoms with Crippen molar-refractivity contribution in [2.75, 3.05) is 73.4 Å². The molecule has 30 nitrogen and oxygen atoms in total. The summed E-state index contributed by atoms with van der Waals surface area (Å²) in [4.78, 5) is 167. The Hall–Kier alpha value is -8.42. The minimum atomic E-state index is -1.51. The van der Waals surface area contributed by atoms with Gasteiger partial charge in [-0.15, -0.1) is 0 Å². The molecule has 2 fully saturated rings. The fraction of sp³-hybridized carbons (Fsp3) is 0.658. The third-order valence-corrected chi connectivity index (χ3v) is 20.2. The molecule has 3 heterocycles. The number of likely N-dealkylation sites (N-methyl/N-ethyl adjacent to an activating group) is 2. The molecule has 15 atom stereocenters. The number of aliphatic hydroxyl groups is 2. The van der Waals surface area contributed by atoms with Crippen molar-refractivity contribution in [2.24, 2.45) is 35.3 Å². The number of nitrogens with two attached hydrogens (primary N) is 1. The van der Waals surface area contributed by atoms with E-state index >= 15 is 0 Å². The fourth-order valence-electron chi connectivity index (χ4n) is 14.1. The maximum Gasteiger partial charge on any atom is 0.312 e. The summed E-state index contributed by atoms with van der Waals surface area (Å²) in [6, 6.07) is 9.52. The lowest BCUT2D eigenvalue weighted by Gasteiger charge is -2.41. The number of hydrogen-bond acceptors (Lipinski definition) is 18. The van der Waals surface area contributed by atoms with E-state index in [2.05, 4.69) is 42.5 Å². The van der Waals surface area contributed by atoms with Gasteiger partial charge in [-0.1, -0.05) is 118 Å². The van der Waals surface area contributed by atoms with Crippen molar-refractivity contribution in [1.82, 2.24) is 56.8 Å². The van der Waals surface area contributed by atoms with Crippen LogP contribution in [0.15, 0.2) is 66.7 Å². The number of unbranched alkanes of at least 4 members (excludes halogenated alkanes) is 2. The van der Waals surface area contributed by atoms with Gasteiger partial charge < -0.3 is 82.5 Å². The number of rotatable bonds is 44. The van der Waals surface area contributed by atoms with Crippen LogP contribution in [0.5, 0.6) is 0 Å². The number of hydrogen-bond donors (Lipinski definition) is 11. The summed E-state index contributed by atoms with van der Waals surface area (Å²) in [5.74, 6) is -6.53. The first-order valence-corrected chi connectivity index (χ1v) is 37.3. The van der Waals surface area contributed by atoms with Crippen molar-refractivity contribution in [3.05, 3.63) is 77.9 Å². The van der Waals surface area contributed by atoms with Gasteiger partial charge in [0, 0.05) is 84.7 Å². The summed E-state index contributed by atoms with van der Waals surface area (Å²) < 4.78 is 18.0. The van der Waals surface area contributed by atoms with Crippen LogP contribution in [-0.4, -0.2) is 248 Å². The number of aliphatic hydroxyl groups excluding tert-OH is 2. The molecular weight excluding hydrogens is 1370 g/mol. The van der Waals surface area contributed by atoms with Crippen LogP contribution >= 0.6 is 0 Å². The number of carbonyl (C=O) groups excluding carboxylic acids is 12. The molecule has 12 unspecified atom stereocenters. The number of nitrogens with one attached hydrogen (secondary N) is 8. The van der Waals surface area contributed by atoms with Gasteiger partial charge in [0.05, 0.1) is 55.2 Å². The number of ether oxygens (including phenoxy) is 3. The van der Waals surface area contributed by atoms with Gasteiger partial charge in [0.15, 0.2) is 0 Å². The average Bonchev–Trinajstić information content (AvgIpc) is 1.47. The van der Waals surface area contributed by atoms with Crippen LogP contribution in [0, 0.1) is 29.6 Å². The topological polar surface area (TPSA) is 408 Å². The largest absolute Gasteiger partial charge is 0.388 e. The number of anilines is 1. The first-order chi connectivity index (χ1) is 50.2. The maximum absolute atomic E-state index is 14.7. The highest BCUT2D eigenvalue weighted by Crippen LogP contribution is 2.31. The molecule has 30 heteroatoms. The molecule has 0 bridgehead atoms. The molecule has 0 radical (unpaired) electrons. The standard InChI is InChI=1S/C76H119N13O17/c1-15-47(8)66(87(12)75(102)64(45(4)5)85-74(101)65(46(6)7)86(10)11)55(104-13)42-62(94)88-39-23-27-54(88)69(105-14)48(9)70(97)83-53(40-50-24-18-16-19-25-50)71(98)78-37-35-49-29-31-51(32-30-49)81-72(99)52(26-22-36-79-76(77)103)82-73(100)63(44(2)3)84-59(91)41-56-67(95)68(96)57(106-56)43-80-58(90)28-20-17-21-38-89-60(92)33-34-61(89)93/h16,18-19,24-25,29-34,44-48,52-57,63-69,95-96H,15,17,20-23,26-28,35-43H2,1-14H3,(H,78,98)(H,80,90)(H,81,99)(H,82,100)(H,83,97)(H,84,91)(H,85,101)(H3,77,79,103)/t47?,48?,52?,53-,54?,55?,56-,57+,63?,64?,65?,66?,67?,68?,69?/m0/s1. The number of carbonyl (C=O) groups is 12. The zero-order valence-corrected chi connectivity index (χ0v) is 64.4. The minimum Gasteiger partial charge on any atom is -0.388 e. The lowest BCUT2D eigenvalue weighted by molar-refractivity contribution is -0.148. The van der Waals surface area contributed by atoms with Crippen LogP contribution in [0.25, 0.3) is 0 Å². The summed E-state index contributed by atoms with van der Waals surface area (Å²) in [6.07, 6.45) is -0.584. The molecule has 0 aliphatic carbocycles. The van der Waals surface area contributed by atoms with Crippen molar-refractivity contribution in [3.8, 4) is 0 Å². The molecular formula is C76H119N13O17. The highest BCUT2D eigenvalue weighted by atomic mass is 16.5. The number of nitrogens with zero attached hydrogens (tertiary/aromatic N) is 4. The molecule has 0 saturated carbocycles. The number of likely N-dealkylation sites (tertiary alicyclic amines) is 1. The number of urea groups is 1. The van der Waals surface area contributed by atoms with Gasteiger partial charge in [0.2, 0.25) is 53.2 Å². The van der Waals surface area contributed by atoms with Gasteiger partial charge in [-0.2, -0.15) is 0 Å². The van der Waals surface area contributed by atoms with Crippen LogP contribution in [0.2, 0.25) is 0 Å². The zero-order valence-electron chi connectivity index (χ0n) is 64.4. The molecule has 2 saturated heterocycles. The monoisotopic (exact) mass is 1490 g/mol.